The Labute approximate surface area is 129 Å². The normalized spacial score (nSPS) is 19.8. The molecular formula is C17H17N3S. The van der Waals surface area contributed by atoms with Gasteiger partial charge in [0.05, 0.1) is 17.4 Å². The van der Waals surface area contributed by atoms with E-state index < -0.39 is 0 Å². The number of hydrogen-bond donors (Lipinski definition) is 0. The van der Waals surface area contributed by atoms with Crippen molar-refractivity contribution in [3.8, 4) is 12.1 Å². The van der Waals surface area contributed by atoms with E-state index in [-0.39, 0.29) is 0 Å². The number of allylic oxidation sites excluding steroid dienone is 2. The van der Waals surface area contributed by atoms with Gasteiger partial charge in [0.2, 0.25) is 0 Å². The molecule has 0 spiro atoms. The van der Waals surface area contributed by atoms with Crippen LogP contribution < -0.4 is 0 Å². The van der Waals surface area contributed by atoms with Crippen molar-refractivity contribution < 1.29 is 0 Å². The first-order valence-electron chi connectivity index (χ1n) is 7.45. The van der Waals surface area contributed by atoms with Gasteiger partial charge in [-0.3, -0.25) is 0 Å². The summed E-state index contributed by atoms with van der Waals surface area (Å²) in [6, 6.07) is 4.52. The highest BCUT2D eigenvalue weighted by atomic mass is 32.2. The third-order valence-electron chi connectivity index (χ3n) is 4.30. The summed E-state index contributed by atoms with van der Waals surface area (Å²) in [6.07, 6.45) is 10.9. The van der Waals surface area contributed by atoms with E-state index in [1.165, 1.54) is 28.6 Å². The van der Waals surface area contributed by atoms with Gasteiger partial charge in [-0.05, 0) is 55.6 Å². The molecule has 1 atom stereocenters. The van der Waals surface area contributed by atoms with Crippen molar-refractivity contribution in [2.24, 2.45) is 0 Å². The Morgan fingerprint density at radius 1 is 1.29 bits per heavy atom. The molecule has 0 fully saturated rings. The Hall–Kier alpha value is -1.78. The number of aromatic nitrogens is 1. The average Bonchev–Trinajstić information content (AvgIpc) is 3.00. The van der Waals surface area contributed by atoms with Crippen molar-refractivity contribution in [2.75, 3.05) is 5.75 Å². The monoisotopic (exact) mass is 295 g/mol. The Balaban J connectivity index is 2.11. The number of rotatable bonds is 3. The first-order chi connectivity index (χ1) is 10.3. The van der Waals surface area contributed by atoms with Crippen molar-refractivity contribution in [3.05, 3.63) is 34.5 Å². The second kappa shape index (κ2) is 6.33. The number of pyridine rings is 1. The zero-order valence-electron chi connectivity index (χ0n) is 11.9. The van der Waals surface area contributed by atoms with Crippen LogP contribution in [0.4, 0.5) is 0 Å². The third kappa shape index (κ3) is 2.69. The number of fused-ring (bicyclic) bond motifs is 1. The lowest BCUT2D eigenvalue weighted by Gasteiger charge is -2.23. The van der Waals surface area contributed by atoms with Crippen LogP contribution in [0, 0.1) is 22.7 Å². The fraction of sp³-hybridized carbons (Fsp3) is 0.471. The predicted molar refractivity (Wildman–Crippen MR) is 83.0 cm³/mol. The van der Waals surface area contributed by atoms with Crippen molar-refractivity contribution in [2.45, 2.75) is 49.5 Å². The molecule has 0 saturated heterocycles. The maximum Gasteiger partial charge on any atom is 0.115 e. The van der Waals surface area contributed by atoms with E-state index in [4.69, 9.17) is 5.26 Å². The number of thioether (sulfide) groups is 1. The molecule has 0 bridgehead atoms. The Kier molecular flexibility index (Phi) is 4.27. The third-order valence-corrected chi connectivity index (χ3v) is 5.14. The smallest absolute Gasteiger partial charge is 0.115 e. The summed E-state index contributed by atoms with van der Waals surface area (Å²) < 4.78 is 0. The van der Waals surface area contributed by atoms with Crippen molar-refractivity contribution >= 4 is 11.8 Å². The zero-order chi connectivity index (χ0) is 14.7. The van der Waals surface area contributed by atoms with Gasteiger partial charge in [0.15, 0.2) is 0 Å². The van der Waals surface area contributed by atoms with Crippen LogP contribution in [-0.4, -0.2) is 10.7 Å². The highest BCUT2D eigenvalue weighted by molar-refractivity contribution is 7.99. The molecule has 106 valence electrons. The van der Waals surface area contributed by atoms with Gasteiger partial charge in [-0.15, -0.1) is 0 Å². The van der Waals surface area contributed by atoms with Gasteiger partial charge in [-0.1, -0.05) is 23.9 Å². The lowest BCUT2D eigenvalue weighted by atomic mass is 9.83. The highest BCUT2D eigenvalue weighted by Gasteiger charge is 2.28. The van der Waals surface area contributed by atoms with Gasteiger partial charge in [0, 0.05) is 5.69 Å². The minimum Gasteiger partial charge on any atom is -0.245 e. The van der Waals surface area contributed by atoms with E-state index in [9.17, 15) is 5.26 Å². The quantitative estimate of drug-likeness (QED) is 0.627. The predicted octanol–water partition coefficient (Wildman–Crippen LogP) is 3.88. The lowest BCUT2D eigenvalue weighted by molar-refractivity contribution is 0.607. The van der Waals surface area contributed by atoms with Gasteiger partial charge < -0.3 is 0 Å². The average molecular weight is 295 g/mol. The molecule has 21 heavy (non-hydrogen) atoms. The van der Waals surface area contributed by atoms with Crippen LogP contribution in [0.1, 0.15) is 54.0 Å². The summed E-state index contributed by atoms with van der Waals surface area (Å²) in [6.45, 7) is 0. The topological polar surface area (TPSA) is 60.5 Å². The fourth-order valence-electron chi connectivity index (χ4n) is 3.41. The molecule has 0 N–H and O–H groups in total. The highest BCUT2D eigenvalue weighted by Crippen LogP contribution is 2.40. The Bertz CT molecular complexity index is 664. The summed E-state index contributed by atoms with van der Waals surface area (Å²) in [5.41, 5.74) is 4.47. The van der Waals surface area contributed by atoms with Gasteiger partial charge in [0.25, 0.3) is 0 Å². The maximum atomic E-state index is 9.66. The van der Waals surface area contributed by atoms with E-state index in [1.54, 1.807) is 0 Å². The molecule has 0 unspecified atom stereocenters. The molecule has 1 aromatic rings. The molecular weight excluding hydrogens is 278 g/mol. The minimum atomic E-state index is 0.352. The number of hydrogen-bond acceptors (Lipinski definition) is 4. The zero-order valence-corrected chi connectivity index (χ0v) is 12.7. The molecule has 2 aliphatic rings. The Morgan fingerprint density at radius 2 is 2.19 bits per heavy atom. The van der Waals surface area contributed by atoms with Crippen molar-refractivity contribution in [1.82, 2.24) is 4.98 Å². The molecule has 0 radical (unpaired) electrons. The molecule has 3 rings (SSSR count). The molecule has 2 aliphatic carbocycles. The maximum absolute atomic E-state index is 9.66. The van der Waals surface area contributed by atoms with Crippen LogP contribution in [0.5, 0.6) is 0 Å². The molecule has 4 heteroatoms. The Morgan fingerprint density at radius 3 is 2.90 bits per heavy atom. The SMILES string of the molecule is N#CCSc1nc2c(c([C@@H]3CC=CCC3)c1C#N)CCC2. The summed E-state index contributed by atoms with van der Waals surface area (Å²) in [7, 11) is 0. The molecule has 1 aromatic heterocycles. The van der Waals surface area contributed by atoms with Gasteiger partial charge in [-0.25, -0.2) is 4.98 Å². The van der Waals surface area contributed by atoms with Crippen LogP contribution in [0.25, 0.3) is 0 Å². The second-order valence-corrected chi connectivity index (χ2v) is 6.49. The van der Waals surface area contributed by atoms with Crippen LogP contribution in [0.15, 0.2) is 17.2 Å². The molecule has 0 amide bonds. The standard InChI is InChI=1S/C17H17N3S/c18-9-10-21-17-14(11-19)16(12-5-2-1-3-6-12)13-7-4-8-15(13)20-17/h1-2,12H,3-8,10H2/t12-/m1/s1. The van der Waals surface area contributed by atoms with E-state index in [1.807, 2.05) is 0 Å². The largest absolute Gasteiger partial charge is 0.245 e. The van der Waals surface area contributed by atoms with Gasteiger partial charge >= 0.3 is 0 Å². The van der Waals surface area contributed by atoms with Crippen LogP contribution in [0.2, 0.25) is 0 Å². The minimum absolute atomic E-state index is 0.352. The molecule has 0 saturated carbocycles. The molecule has 0 aromatic carbocycles. The summed E-state index contributed by atoms with van der Waals surface area (Å²) in [5, 5.41) is 19.2. The van der Waals surface area contributed by atoms with Crippen LogP contribution >= 0.6 is 11.8 Å². The van der Waals surface area contributed by atoms with Crippen molar-refractivity contribution in [1.29, 1.82) is 10.5 Å². The van der Waals surface area contributed by atoms with E-state index >= 15 is 0 Å². The summed E-state index contributed by atoms with van der Waals surface area (Å²) in [4.78, 5) is 4.69. The number of nitrogens with zero attached hydrogens (tertiary/aromatic N) is 3. The summed E-state index contributed by atoms with van der Waals surface area (Å²) in [5.74, 6) is 0.797. The molecule has 1 heterocycles. The second-order valence-electron chi connectivity index (χ2n) is 5.52. The first-order valence-corrected chi connectivity index (χ1v) is 8.44. The fourth-order valence-corrected chi connectivity index (χ4v) is 4.08. The van der Waals surface area contributed by atoms with Gasteiger partial charge in [0.1, 0.15) is 11.1 Å². The van der Waals surface area contributed by atoms with Crippen LogP contribution in [-0.2, 0) is 12.8 Å². The number of aryl methyl sites for hydroxylation is 1. The van der Waals surface area contributed by atoms with E-state index in [0.717, 1.165) is 49.1 Å². The summed E-state index contributed by atoms with van der Waals surface area (Å²) >= 11 is 1.40. The van der Waals surface area contributed by atoms with Gasteiger partial charge in [-0.2, -0.15) is 10.5 Å². The van der Waals surface area contributed by atoms with E-state index in [2.05, 4.69) is 29.3 Å². The molecule has 0 aliphatic heterocycles. The van der Waals surface area contributed by atoms with E-state index in [0.29, 0.717) is 11.7 Å². The van der Waals surface area contributed by atoms with Crippen molar-refractivity contribution in [3.63, 3.8) is 0 Å². The molecule has 3 nitrogen and oxygen atoms in total. The lowest BCUT2D eigenvalue weighted by Crippen LogP contribution is -2.10. The first kappa shape index (κ1) is 14.2. The number of nitriles is 2. The van der Waals surface area contributed by atoms with Crippen LogP contribution in [0.3, 0.4) is 0 Å².